The Kier molecular flexibility index (Phi) is 3.68. The highest BCUT2D eigenvalue weighted by Crippen LogP contribution is 2.36. The van der Waals surface area contributed by atoms with E-state index in [4.69, 9.17) is 5.53 Å². The van der Waals surface area contributed by atoms with Crippen LogP contribution < -0.4 is 0 Å². The van der Waals surface area contributed by atoms with Crippen molar-refractivity contribution in [3.8, 4) is 0 Å². The molecule has 0 amide bonds. The number of carbonyl (C=O) groups is 1. The standard InChI is InChI=1S/C9H13N3O3/c10-11-7-8(13)3-6-9(12(14)15)4-1-2-5-9/h7H,1-6H2. The average Bonchev–Trinajstić information content (AvgIpc) is 2.65. The van der Waals surface area contributed by atoms with Crippen molar-refractivity contribution in [1.29, 1.82) is 0 Å². The molecule has 1 aliphatic carbocycles. The maximum atomic E-state index is 11.0. The molecule has 1 aliphatic rings. The Labute approximate surface area is 87.0 Å². The minimum Gasteiger partial charge on any atom is -0.361 e. The molecule has 1 rings (SSSR count). The number of nitrogens with zero attached hydrogens (tertiary/aromatic N) is 3. The Hall–Kier alpha value is -1.55. The number of Topliss-reactive ketones (excluding diaryl/α,β-unsaturated/α-hetero) is 1. The van der Waals surface area contributed by atoms with Crippen LogP contribution in [0.25, 0.3) is 5.53 Å². The molecule has 0 aromatic rings. The summed E-state index contributed by atoms with van der Waals surface area (Å²) in [4.78, 5) is 24.3. The Bertz CT molecular complexity index is 315. The molecule has 0 aromatic carbocycles. The first kappa shape index (κ1) is 11.5. The largest absolute Gasteiger partial charge is 0.361 e. The third-order valence-electron chi connectivity index (χ3n) is 2.96. The molecule has 0 spiro atoms. The summed E-state index contributed by atoms with van der Waals surface area (Å²) in [5.41, 5.74) is 7.20. The number of hydrogen-bond donors (Lipinski definition) is 0. The number of nitro groups is 1. The van der Waals surface area contributed by atoms with Crippen molar-refractivity contribution < 1.29 is 14.5 Å². The van der Waals surface area contributed by atoms with Gasteiger partial charge in [-0.15, -0.1) is 0 Å². The third kappa shape index (κ3) is 2.70. The van der Waals surface area contributed by atoms with Gasteiger partial charge in [-0.1, -0.05) is 0 Å². The van der Waals surface area contributed by atoms with Gasteiger partial charge in [0, 0.05) is 30.6 Å². The van der Waals surface area contributed by atoms with Crippen molar-refractivity contribution in [2.45, 2.75) is 44.1 Å². The highest BCUT2D eigenvalue weighted by atomic mass is 16.6. The molecule has 0 N–H and O–H groups in total. The Morgan fingerprint density at radius 3 is 2.60 bits per heavy atom. The molecule has 0 aromatic heterocycles. The lowest BCUT2D eigenvalue weighted by atomic mass is 9.91. The van der Waals surface area contributed by atoms with Crippen molar-refractivity contribution in [2.24, 2.45) is 0 Å². The second kappa shape index (κ2) is 4.79. The molecule has 0 bridgehead atoms. The summed E-state index contributed by atoms with van der Waals surface area (Å²) in [7, 11) is 0. The van der Waals surface area contributed by atoms with E-state index in [1.54, 1.807) is 0 Å². The molecule has 6 nitrogen and oxygen atoms in total. The first-order valence-corrected chi connectivity index (χ1v) is 4.95. The van der Waals surface area contributed by atoms with Crippen molar-refractivity contribution in [1.82, 2.24) is 0 Å². The second-order valence-electron chi connectivity index (χ2n) is 3.90. The number of carbonyl (C=O) groups excluding carboxylic acids is 1. The Morgan fingerprint density at radius 1 is 1.53 bits per heavy atom. The van der Waals surface area contributed by atoms with E-state index in [1.165, 1.54) is 0 Å². The average molecular weight is 211 g/mol. The molecule has 1 fully saturated rings. The fraction of sp³-hybridized carbons (Fsp3) is 0.778. The molecule has 0 aliphatic heterocycles. The van der Waals surface area contributed by atoms with Crippen molar-refractivity contribution in [3.05, 3.63) is 15.6 Å². The highest BCUT2D eigenvalue weighted by Gasteiger charge is 2.45. The molecular formula is C9H13N3O3. The van der Waals surface area contributed by atoms with E-state index in [9.17, 15) is 14.9 Å². The van der Waals surface area contributed by atoms with E-state index >= 15 is 0 Å². The van der Waals surface area contributed by atoms with E-state index in [1.807, 2.05) is 0 Å². The maximum absolute atomic E-state index is 11.0. The van der Waals surface area contributed by atoms with Crippen LogP contribution in [0, 0.1) is 10.1 Å². The fourth-order valence-electron chi connectivity index (χ4n) is 2.04. The van der Waals surface area contributed by atoms with Crippen LogP contribution in [0.4, 0.5) is 0 Å². The first-order chi connectivity index (χ1) is 7.10. The Balaban J connectivity index is 2.57. The molecular weight excluding hydrogens is 198 g/mol. The van der Waals surface area contributed by atoms with Gasteiger partial charge in [0.15, 0.2) is 0 Å². The monoisotopic (exact) mass is 211 g/mol. The molecule has 1 saturated carbocycles. The maximum Gasteiger partial charge on any atom is 0.323 e. The van der Waals surface area contributed by atoms with Gasteiger partial charge < -0.3 is 5.53 Å². The van der Waals surface area contributed by atoms with Gasteiger partial charge in [0.25, 0.3) is 0 Å². The van der Waals surface area contributed by atoms with E-state index in [-0.39, 0.29) is 23.5 Å². The quantitative estimate of drug-likeness (QED) is 0.225. The minimum atomic E-state index is -0.918. The summed E-state index contributed by atoms with van der Waals surface area (Å²) < 4.78 is 0. The van der Waals surface area contributed by atoms with Gasteiger partial charge in [-0.05, 0) is 12.8 Å². The molecule has 0 saturated heterocycles. The van der Waals surface area contributed by atoms with Gasteiger partial charge in [-0.2, -0.15) is 4.79 Å². The SMILES string of the molecule is [N-]=[N+]=CC(=O)CCC1([N+](=O)[O-])CCCC1. The zero-order valence-corrected chi connectivity index (χ0v) is 8.39. The van der Waals surface area contributed by atoms with E-state index in [0.717, 1.165) is 19.1 Å². The zero-order chi connectivity index (χ0) is 11.3. The van der Waals surface area contributed by atoms with Gasteiger partial charge >= 0.3 is 6.21 Å². The van der Waals surface area contributed by atoms with Gasteiger partial charge in [0.1, 0.15) is 0 Å². The molecule has 0 atom stereocenters. The van der Waals surface area contributed by atoms with Gasteiger partial charge in [-0.3, -0.25) is 14.9 Å². The van der Waals surface area contributed by atoms with E-state index < -0.39 is 5.54 Å². The molecule has 0 radical (unpaired) electrons. The minimum absolute atomic E-state index is 0.0744. The summed E-state index contributed by atoms with van der Waals surface area (Å²) >= 11 is 0. The normalized spacial score (nSPS) is 18.1. The summed E-state index contributed by atoms with van der Waals surface area (Å²) in [6, 6.07) is 0. The molecule has 0 heterocycles. The topological polar surface area (TPSA) is 96.6 Å². The summed E-state index contributed by atoms with van der Waals surface area (Å²) in [6.45, 7) is 0. The molecule has 15 heavy (non-hydrogen) atoms. The summed E-state index contributed by atoms with van der Waals surface area (Å²) in [5.74, 6) is -0.370. The van der Waals surface area contributed by atoms with E-state index in [2.05, 4.69) is 4.79 Å². The van der Waals surface area contributed by atoms with Crippen molar-refractivity contribution >= 4 is 12.0 Å². The van der Waals surface area contributed by atoms with Crippen LogP contribution in [0.2, 0.25) is 0 Å². The summed E-state index contributed by atoms with van der Waals surface area (Å²) in [5, 5.41) is 10.9. The lowest BCUT2D eigenvalue weighted by Crippen LogP contribution is -2.35. The predicted molar refractivity (Wildman–Crippen MR) is 52.1 cm³/mol. The molecule has 6 heteroatoms. The summed E-state index contributed by atoms with van der Waals surface area (Å²) in [6.07, 6.45) is 3.90. The van der Waals surface area contributed by atoms with Crippen molar-refractivity contribution in [3.63, 3.8) is 0 Å². The van der Waals surface area contributed by atoms with Crippen LogP contribution in [-0.4, -0.2) is 27.2 Å². The highest BCUT2D eigenvalue weighted by molar-refractivity contribution is 6.25. The van der Waals surface area contributed by atoms with E-state index in [0.29, 0.717) is 12.8 Å². The van der Waals surface area contributed by atoms with Crippen LogP contribution in [0.3, 0.4) is 0 Å². The zero-order valence-electron chi connectivity index (χ0n) is 8.39. The second-order valence-corrected chi connectivity index (χ2v) is 3.90. The number of rotatable bonds is 5. The van der Waals surface area contributed by atoms with Gasteiger partial charge in [0.2, 0.25) is 11.3 Å². The van der Waals surface area contributed by atoms with Crippen molar-refractivity contribution in [2.75, 3.05) is 0 Å². The van der Waals surface area contributed by atoms with Gasteiger partial charge in [-0.25, -0.2) is 0 Å². The Morgan fingerprint density at radius 2 is 2.13 bits per heavy atom. The fourth-order valence-corrected chi connectivity index (χ4v) is 2.04. The van der Waals surface area contributed by atoms with Crippen LogP contribution >= 0.6 is 0 Å². The predicted octanol–water partition coefficient (Wildman–Crippen LogP) is 1.23. The lowest BCUT2D eigenvalue weighted by molar-refractivity contribution is -0.569. The third-order valence-corrected chi connectivity index (χ3v) is 2.96. The van der Waals surface area contributed by atoms with Crippen LogP contribution in [0.15, 0.2) is 0 Å². The molecule has 82 valence electrons. The van der Waals surface area contributed by atoms with Gasteiger partial charge in [0.05, 0.1) is 0 Å². The number of ketones is 1. The lowest BCUT2D eigenvalue weighted by Gasteiger charge is -2.18. The number of hydrogen-bond acceptors (Lipinski definition) is 3. The van der Waals surface area contributed by atoms with Crippen LogP contribution in [0.5, 0.6) is 0 Å². The van der Waals surface area contributed by atoms with Crippen LogP contribution in [0.1, 0.15) is 38.5 Å². The van der Waals surface area contributed by atoms with Crippen LogP contribution in [-0.2, 0) is 4.79 Å². The smallest absolute Gasteiger partial charge is 0.323 e. The molecule has 0 unspecified atom stereocenters. The first-order valence-electron chi connectivity index (χ1n) is 4.95.